The molecule has 0 saturated carbocycles. The summed E-state index contributed by atoms with van der Waals surface area (Å²) in [4.78, 5) is 0. The van der Waals surface area contributed by atoms with E-state index in [0.717, 1.165) is 6.42 Å². The number of hydrogen-bond acceptors (Lipinski definition) is 0. The van der Waals surface area contributed by atoms with Gasteiger partial charge in [0.1, 0.15) is 0 Å². The Morgan fingerprint density at radius 1 is 1.21 bits per heavy atom. The molecular weight excluding hydrogens is 168 g/mol. The summed E-state index contributed by atoms with van der Waals surface area (Å²) in [7, 11) is 0. The smallest absolute Gasteiger partial charge is 0.0148 e. The van der Waals surface area contributed by atoms with Crippen LogP contribution in [0.5, 0.6) is 0 Å². The molecule has 1 radical (unpaired) electrons. The van der Waals surface area contributed by atoms with Crippen LogP contribution in [0.3, 0.4) is 0 Å². The SMILES string of the molecule is CCCC/C=[C]\c1ccc(C)c(C)c1. The third-order valence-electron chi connectivity index (χ3n) is 2.48. The van der Waals surface area contributed by atoms with Crippen molar-refractivity contribution in [1.82, 2.24) is 0 Å². The minimum absolute atomic E-state index is 1.14. The molecule has 0 amide bonds. The van der Waals surface area contributed by atoms with E-state index < -0.39 is 0 Å². The Hall–Kier alpha value is -1.04. The Bertz CT molecular complexity index is 308. The molecule has 0 aromatic heterocycles. The highest BCUT2D eigenvalue weighted by Gasteiger charge is 1.92. The zero-order chi connectivity index (χ0) is 10.4. The molecule has 0 atom stereocenters. The minimum Gasteiger partial charge on any atom is -0.0760 e. The molecule has 0 nitrogen and oxygen atoms in total. The molecule has 1 rings (SSSR count). The molecule has 0 spiro atoms. The second kappa shape index (κ2) is 5.64. The van der Waals surface area contributed by atoms with Crippen LogP contribution >= 0.6 is 0 Å². The fourth-order valence-corrected chi connectivity index (χ4v) is 1.33. The molecule has 0 fully saturated rings. The van der Waals surface area contributed by atoms with Crippen LogP contribution in [-0.2, 0) is 0 Å². The Morgan fingerprint density at radius 2 is 2.00 bits per heavy atom. The van der Waals surface area contributed by atoms with Gasteiger partial charge in [0.2, 0.25) is 0 Å². The average Bonchev–Trinajstić information content (AvgIpc) is 2.18. The zero-order valence-corrected chi connectivity index (χ0v) is 9.43. The van der Waals surface area contributed by atoms with E-state index in [-0.39, 0.29) is 0 Å². The van der Waals surface area contributed by atoms with Gasteiger partial charge in [-0.05, 0) is 43.0 Å². The van der Waals surface area contributed by atoms with Crippen LogP contribution in [0.1, 0.15) is 42.9 Å². The summed E-state index contributed by atoms with van der Waals surface area (Å²) in [6.07, 6.45) is 9.13. The van der Waals surface area contributed by atoms with Crippen molar-refractivity contribution in [2.24, 2.45) is 0 Å². The number of rotatable bonds is 4. The van der Waals surface area contributed by atoms with Crippen molar-refractivity contribution in [3.05, 3.63) is 47.0 Å². The summed E-state index contributed by atoms with van der Waals surface area (Å²) in [6.45, 7) is 6.50. The van der Waals surface area contributed by atoms with Gasteiger partial charge in [-0.15, -0.1) is 0 Å². The number of allylic oxidation sites excluding steroid dienone is 1. The lowest BCUT2D eigenvalue weighted by molar-refractivity contribution is 0.813. The Balaban J connectivity index is 2.59. The monoisotopic (exact) mass is 187 g/mol. The molecule has 0 saturated heterocycles. The molecule has 75 valence electrons. The highest BCUT2D eigenvalue weighted by atomic mass is 14.0. The van der Waals surface area contributed by atoms with E-state index in [1.165, 1.54) is 29.5 Å². The standard InChI is InChI=1S/C14H19/c1-4-5-6-7-8-14-10-9-12(2)13(3)11-14/h7,9-11H,4-6H2,1-3H3. The normalized spacial score (nSPS) is 11.1. The molecule has 1 aromatic carbocycles. The number of aryl methyl sites for hydroxylation is 2. The first kappa shape index (κ1) is 11.0. The van der Waals surface area contributed by atoms with Crippen molar-refractivity contribution in [3.63, 3.8) is 0 Å². The van der Waals surface area contributed by atoms with Gasteiger partial charge < -0.3 is 0 Å². The fourth-order valence-electron chi connectivity index (χ4n) is 1.33. The summed E-state index contributed by atoms with van der Waals surface area (Å²) in [5, 5.41) is 0. The number of hydrogen-bond donors (Lipinski definition) is 0. The summed E-state index contributed by atoms with van der Waals surface area (Å²) in [5.74, 6) is 0. The van der Waals surface area contributed by atoms with Crippen LogP contribution in [0, 0.1) is 19.9 Å². The molecule has 14 heavy (non-hydrogen) atoms. The molecule has 0 heteroatoms. The van der Waals surface area contributed by atoms with Gasteiger partial charge in [0.15, 0.2) is 0 Å². The summed E-state index contributed by atoms with van der Waals surface area (Å²) in [5.41, 5.74) is 3.90. The highest BCUT2D eigenvalue weighted by Crippen LogP contribution is 2.10. The van der Waals surface area contributed by atoms with Crippen molar-refractivity contribution < 1.29 is 0 Å². The molecule has 0 aliphatic heterocycles. The van der Waals surface area contributed by atoms with Gasteiger partial charge in [-0.25, -0.2) is 0 Å². The molecule has 0 N–H and O–H groups in total. The zero-order valence-electron chi connectivity index (χ0n) is 9.43. The van der Waals surface area contributed by atoms with Crippen molar-refractivity contribution in [3.8, 4) is 0 Å². The maximum absolute atomic E-state index is 3.32. The number of benzene rings is 1. The lowest BCUT2D eigenvalue weighted by atomic mass is 10.1. The topological polar surface area (TPSA) is 0 Å². The minimum atomic E-state index is 1.14. The number of unbranched alkanes of at least 4 members (excludes halogenated alkanes) is 2. The molecule has 1 aromatic rings. The Labute approximate surface area is 87.7 Å². The van der Waals surface area contributed by atoms with Gasteiger partial charge in [0.25, 0.3) is 0 Å². The first-order valence-corrected chi connectivity index (χ1v) is 5.39. The van der Waals surface area contributed by atoms with Crippen LogP contribution in [0.25, 0.3) is 0 Å². The highest BCUT2D eigenvalue weighted by molar-refractivity contribution is 5.33. The van der Waals surface area contributed by atoms with Gasteiger partial charge in [0.05, 0.1) is 0 Å². The van der Waals surface area contributed by atoms with E-state index in [1.807, 2.05) is 0 Å². The lowest BCUT2D eigenvalue weighted by Gasteiger charge is -2.00. The molecule has 0 heterocycles. The van der Waals surface area contributed by atoms with E-state index in [9.17, 15) is 0 Å². The van der Waals surface area contributed by atoms with Gasteiger partial charge in [-0.3, -0.25) is 0 Å². The van der Waals surface area contributed by atoms with Crippen molar-refractivity contribution in [1.29, 1.82) is 0 Å². The maximum atomic E-state index is 3.32. The predicted octanol–water partition coefficient (Wildman–Crippen LogP) is 4.20. The summed E-state index contributed by atoms with van der Waals surface area (Å²) < 4.78 is 0. The average molecular weight is 187 g/mol. The third kappa shape index (κ3) is 3.37. The Morgan fingerprint density at radius 3 is 2.64 bits per heavy atom. The van der Waals surface area contributed by atoms with E-state index in [4.69, 9.17) is 0 Å². The molecule has 0 aliphatic carbocycles. The lowest BCUT2D eigenvalue weighted by Crippen LogP contribution is -1.82. The largest absolute Gasteiger partial charge is 0.0760 e. The second-order valence-corrected chi connectivity index (χ2v) is 3.79. The van der Waals surface area contributed by atoms with Crippen LogP contribution in [0.2, 0.25) is 0 Å². The summed E-state index contributed by atoms with van der Waals surface area (Å²) >= 11 is 0. The molecule has 0 aliphatic rings. The molecular formula is C14H19. The molecule has 0 unspecified atom stereocenters. The quantitative estimate of drug-likeness (QED) is 0.620. The van der Waals surface area contributed by atoms with Gasteiger partial charge in [0, 0.05) is 0 Å². The molecule has 0 bridgehead atoms. The van der Waals surface area contributed by atoms with E-state index in [1.54, 1.807) is 0 Å². The van der Waals surface area contributed by atoms with Crippen molar-refractivity contribution >= 4 is 0 Å². The van der Waals surface area contributed by atoms with Crippen LogP contribution in [0.4, 0.5) is 0 Å². The van der Waals surface area contributed by atoms with Crippen LogP contribution in [0.15, 0.2) is 24.3 Å². The first-order valence-electron chi connectivity index (χ1n) is 5.39. The predicted molar refractivity (Wildman–Crippen MR) is 62.4 cm³/mol. The third-order valence-corrected chi connectivity index (χ3v) is 2.48. The fraction of sp³-hybridized carbons (Fsp3) is 0.429. The Kier molecular flexibility index (Phi) is 4.45. The maximum Gasteiger partial charge on any atom is -0.0148 e. The van der Waals surface area contributed by atoms with Gasteiger partial charge in [-0.1, -0.05) is 44.0 Å². The van der Waals surface area contributed by atoms with Crippen molar-refractivity contribution in [2.75, 3.05) is 0 Å². The van der Waals surface area contributed by atoms with Crippen molar-refractivity contribution in [2.45, 2.75) is 40.0 Å². The summed E-state index contributed by atoms with van der Waals surface area (Å²) in [6, 6.07) is 6.48. The van der Waals surface area contributed by atoms with Gasteiger partial charge >= 0.3 is 0 Å². The van der Waals surface area contributed by atoms with E-state index in [0.29, 0.717) is 0 Å². The second-order valence-electron chi connectivity index (χ2n) is 3.79. The first-order chi connectivity index (χ1) is 6.74. The van der Waals surface area contributed by atoms with E-state index in [2.05, 4.69) is 51.1 Å². The van der Waals surface area contributed by atoms with E-state index >= 15 is 0 Å². The van der Waals surface area contributed by atoms with Gasteiger partial charge in [-0.2, -0.15) is 0 Å². The van der Waals surface area contributed by atoms with Crippen LogP contribution < -0.4 is 0 Å². The van der Waals surface area contributed by atoms with Crippen LogP contribution in [-0.4, -0.2) is 0 Å².